The standard InChI is InChI=1S/C13H22N4O2S/c1-13(2,3)10(8-11(18)19)17-12(14-15-16-17)9-6-4-5-7-20-9/h9-10H,4-8H2,1-3H3,(H,18,19). The Bertz CT molecular complexity index is 463. The number of carboxylic acids is 1. The number of hydrogen-bond acceptors (Lipinski definition) is 5. The van der Waals surface area contributed by atoms with Gasteiger partial charge in [-0.3, -0.25) is 4.79 Å². The molecule has 1 fully saturated rings. The molecule has 2 unspecified atom stereocenters. The van der Waals surface area contributed by atoms with Crippen LogP contribution in [0.25, 0.3) is 0 Å². The molecular weight excluding hydrogens is 276 g/mol. The summed E-state index contributed by atoms with van der Waals surface area (Å²) in [6, 6.07) is -0.229. The summed E-state index contributed by atoms with van der Waals surface area (Å²) in [6.45, 7) is 6.08. The van der Waals surface area contributed by atoms with Crippen molar-refractivity contribution in [2.45, 2.75) is 57.7 Å². The second kappa shape index (κ2) is 6.11. The molecule has 1 saturated heterocycles. The maximum absolute atomic E-state index is 11.2. The van der Waals surface area contributed by atoms with Gasteiger partial charge in [-0.25, -0.2) is 4.68 Å². The first-order valence-corrected chi connectivity index (χ1v) is 8.05. The second-order valence-corrected chi connectivity index (χ2v) is 7.63. The summed E-state index contributed by atoms with van der Waals surface area (Å²) in [5, 5.41) is 21.5. The highest BCUT2D eigenvalue weighted by molar-refractivity contribution is 7.99. The average molecular weight is 298 g/mol. The molecule has 1 aromatic heterocycles. The number of carboxylic acid groups (broad SMARTS) is 1. The van der Waals surface area contributed by atoms with Crippen molar-refractivity contribution in [2.24, 2.45) is 5.41 Å². The van der Waals surface area contributed by atoms with E-state index < -0.39 is 5.97 Å². The van der Waals surface area contributed by atoms with Crippen molar-refractivity contribution >= 4 is 17.7 Å². The minimum atomic E-state index is -0.817. The highest BCUT2D eigenvalue weighted by Crippen LogP contribution is 2.40. The lowest BCUT2D eigenvalue weighted by Crippen LogP contribution is -2.30. The summed E-state index contributed by atoms with van der Waals surface area (Å²) in [4.78, 5) is 11.2. The molecule has 1 N–H and O–H groups in total. The number of carbonyl (C=O) groups is 1. The average Bonchev–Trinajstić information content (AvgIpc) is 2.84. The van der Waals surface area contributed by atoms with Gasteiger partial charge in [-0.2, -0.15) is 11.8 Å². The van der Waals surface area contributed by atoms with Crippen molar-refractivity contribution in [3.63, 3.8) is 0 Å². The number of rotatable bonds is 4. The largest absolute Gasteiger partial charge is 0.481 e. The highest BCUT2D eigenvalue weighted by atomic mass is 32.2. The van der Waals surface area contributed by atoms with E-state index in [0.29, 0.717) is 0 Å². The van der Waals surface area contributed by atoms with Crippen LogP contribution in [-0.4, -0.2) is 37.0 Å². The lowest BCUT2D eigenvalue weighted by molar-refractivity contribution is -0.138. The first kappa shape index (κ1) is 15.3. The Balaban J connectivity index is 2.29. The van der Waals surface area contributed by atoms with Gasteiger partial charge in [0.25, 0.3) is 0 Å². The van der Waals surface area contributed by atoms with E-state index in [2.05, 4.69) is 15.5 Å². The Morgan fingerprint density at radius 2 is 2.25 bits per heavy atom. The van der Waals surface area contributed by atoms with Gasteiger partial charge in [0, 0.05) is 0 Å². The van der Waals surface area contributed by atoms with Crippen LogP contribution < -0.4 is 0 Å². The first-order valence-electron chi connectivity index (χ1n) is 7.00. The van der Waals surface area contributed by atoms with Crippen molar-refractivity contribution in [1.82, 2.24) is 20.2 Å². The minimum Gasteiger partial charge on any atom is -0.481 e. The van der Waals surface area contributed by atoms with E-state index in [-0.39, 0.29) is 23.1 Å². The van der Waals surface area contributed by atoms with E-state index in [9.17, 15) is 4.79 Å². The van der Waals surface area contributed by atoms with Crippen LogP contribution in [-0.2, 0) is 4.79 Å². The van der Waals surface area contributed by atoms with Gasteiger partial charge < -0.3 is 5.11 Å². The van der Waals surface area contributed by atoms with Crippen molar-refractivity contribution in [1.29, 1.82) is 0 Å². The number of tetrazole rings is 1. The fraction of sp³-hybridized carbons (Fsp3) is 0.846. The van der Waals surface area contributed by atoms with Crippen LogP contribution in [0.3, 0.4) is 0 Å². The number of thioether (sulfide) groups is 1. The maximum atomic E-state index is 11.2. The van der Waals surface area contributed by atoms with Gasteiger partial charge >= 0.3 is 5.97 Å². The van der Waals surface area contributed by atoms with Gasteiger partial charge in [0.2, 0.25) is 0 Å². The fourth-order valence-electron chi connectivity index (χ4n) is 2.50. The predicted molar refractivity (Wildman–Crippen MR) is 77.6 cm³/mol. The zero-order valence-electron chi connectivity index (χ0n) is 12.2. The molecule has 0 aliphatic carbocycles. The fourth-order valence-corrected chi connectivity index (χ4v) is 3.80. The Morgan fingerprint density at radius 1 is 1.50 bits per heavy atom. The van der Waals surface area contributed by atoms with Gasteiger partial charge in [-0.05, 0) is 34.4 Å². The molecule has 2 atom stereocenters. The Kier molecular flexibility index (Phi) is 4.67. The zero-order valence-corrected chi connectivity index (χ0v) is 13.1. The van der Waals surface area contributed by atoms with E-state index in [1.54, 1.807) is 4.68 Å². The van der Waals surface area contributed by atoms with Gasteiger partial charge in [-0.15, -0.1) is 5.10 Å². The van der Waals surface area contributed by atoms with Gasteiger partial charge in [-0.1, -0.05) is 27.2 Å². The number of aromatic nitrogens is 4. The van der Waals surface area contributed by atoms with Gasteiger partial charge in [0.15, 0.2) is 5.82 Å². The quantitative estimate of drug-likeness (QED) is 0.920. The molecule has 0 spiro atoms. The minimum absolute atomic E-state index is 0.0406. The maximum Gasteiger partial charge on any atom is 0.305 e. The molecule has 0 bridgehead atoms. The molecule has 1 aliphatic rings. The predicted octanol–water partition coefficient (Wildman–Crippen LogP) is 2.69. The molecule has 0 aromatic carbocycles. The first-order chi connectivity index (χ1) is 9.39. The van der Waals surface area contributed by atoms with Gasteiger partial charge in [0.05, 0.1) is 17.7 Å². The molecule has 7 heteroatoms. The molecular formula is C13H22N4O2S. The van der Waals surface area contributed by atoms with Crippen molar-refractivity contribution in [2.75, 3.05) is 5.75 Å². The number of aliphatic carboxylic acids is 1. The Hall–Kier alpha value is -1.11. The molecule has 2 rings (SSSR count). The van der Waals surface area contributed by atoms with Crippen molar-refractivity contribution < 1.29 is 9.90 Å². The molecule has 6 nitrogen and oxygen atoms in total. The summed E-state index contributed by atoms with van der Waals surface area (Å²) < 4.78 is 1.75. The van der Waals surface area contributed by atoms with Crippen LogP contribution in [0.5, 0.6) is 0 Å². The lowest BCUT2D eigenvalue weighted by Gasteiger charge is -2.31. The molecule has 112 valence electrons. The second-order valence-electron chi connectivity index (χ2n) is 6.32. The Labute approximate surface area is 123 Å². The summed E-state index contributed by atoms with van der Waals surface area (Å²) in [5.74, 6) is 1.13. The number of nitrogens with zero attached hydrogens (tertiary/aromatic N) is 4. The van der Waals surface area contributed by atoms with Crippen molar-refractivity contribution in [3.8, 4) is 0 Å². The van der Waals surface area contributed by atoms with E-state index in [0.717, 1.165) is 18.0 Å². The van der Waals surface area contributed by atoms with Crippen LogP contribution in [0.1, 0.15) is 63.6 Å². The smallest absolute Gasteiger partial charge is 0.305 e. The summed E-state index contributed by atoms with van der Waals surface area (Å²) >= 11 is 1.87. The SMILES string of the molecule is CC(C)(C)C(CC(=O)O)n1nnnc1C1CCCCS1. The molecule has 0 amide bonds. The third kappa shape index (κ3) is 3.50. The third-order valence-corrected chi connectivity index (χ3v) is 5.02. The molecule has 0 radical (unpaired) electrons. The number of hydrogen-bond donors (Lipinski definition) is 1. The normalized spacial score (nSPS) is 21.6. The molecule has 20 heavy (non-hydrogen) atoms. The van der Waals surface area contributed by atoms with Crippen LogP contribution in [0, 0.1) is 5.41 Å². The molecule has 1 aliphatic heterocycles. The summed E-state index contributed by atoms with van der Waals surface area (Å²) in [5.41, 5.74) is -0.206. The summed E-state index contributed by atoms with van der Waals surface area (Å²) in [7, 11) is 0. The molecule has 2 heterocycles. The van der Waals surface area contributed by atoms with Crippen molar-refractivity contribution in [3.05, 3.63) is 5.82 Å². The topological polar surface area (TPSA) is 80.9 Å². The third-order valence-electron chi connectivity index (χ3n) is 3.65. The lowest BCUT2D eigenvalue weighted by atomic mass is 9.84. The Morgan fingerprint density at radius 3 is 2.80 bits per heavy atom. The van der Waals surface area contributed by atoms with Crippen LogP contribution in [0.4, 0.5) is 0 Å². The van der Waals surface area contributed by atoms with Crippen LogP contribution in [0.15, 0.2) is 0 Å². The van der Waals surface area contributed by atoms with E-state index in [1.807, 2.05) is 32.5 Å². The van der Waals surface area contributed by atoms with Crippen LogP contribution >= 0.6 is 11.8 Å². The van der Waals surface area contributed by atoms with E-state index >= 15 is 0 Å². The molecule has 1 aromatic rings. The zero-order chi connectivity index (χ0) is 14.8. The monoisotopic (exact) mass is 298 g/mol. The van der Waals surface area contributed by atoms with Crippen LogP contribution in [0.2, 0.25) is 0 Å². The van der Waals surface area contributed by atoms with E-state index in [1.165, 1.54) is 12.8 Å². The van der Waals surface area contributed by atoms with Gasteiger partial charge in [0.1, 0.15) is 0 Å². The summed E-state index contributed by atoms with van der Waals surface area (Å²) in [6.07, 6.45) is 3.53. The van der Waals surface area contributed by atoms with E-state index in [4.69, 9.17) is 5.11 Å². The highest BCUT2D eigenvalue weighted by Gasteiger charge is 2.34. The molecule has 0 saturated carbocycles.